The molecule has 0 amide bonds. The van der Waals surface area contributed by atoms with Crippen molar-refractivity contribution in [3.05, 3.63) is 70.4 Å². The van der Waals surface area contributed by atoms with Crippen LogP contribution in [0.4, 0.5) is 8.78 Å². The van der Waals surface area contributed by atoms with E-state index in [1.807, 2.05) is 0 Å². The third-order valence-corrected chi connectivity index (χ3v) is 3.40. The lowest BCUT2D eigenvalue weighted by Crippen LogP contribution is -2.10. The van der Waals surface area contributed by atoms with Gasteiger partial charge in [0, 0.05) is 5.39 Å². The Balaban J connectivity index is 2.02. The zero-order chi connectivity index (χ0) is 14.3. The third-order valence-electron chi connectivity index (χ3n) is 3.11. The summed E-state index contributed by atoms with van der Waals surface area (Å²) in [4.78, 5) is 0. The Hall–Kier alpha value is -1.91. The molecule has 102 valence electrons. The zero-order valence-electron chi connectivity index (χ0n) is 10.2. The average molecular weight is 294 g/mol. The summed E-state index contributed by atoms with van der Waals surface area (Å²) in [5.74, 6) is -0.384. The standard InChI is InChI=1S/C15H10ClF2NO/c16-11-6-8(1-3-12(11)18)15(19)14-7-9-5-10(17)2-4-13(9)20-14/h1-7,15H,19H2. The number of fused-ring (bicyclic) bond motifs is 1. The second-order valence-electron chi connectivity index (χ2n) is 4.48. The summed E-state index contributed by atoms with van der Waals surface area (Å²) >= 11 is 5.73. The average Bonchev–Trinajstić information content (AvgIpc) is 2.84. The minimum absolute atomic E-state index is 0.0000977. The highest BCUT2D eigenvalue weighted by Crippen LogP contribution is 2.29. The second kappa shape index (κ2) is 4.89. The van der Waals surface area contributed by atoms with Crippen LogP contribution in [-0.2, 0) is 0 Å². The first-order valence-corrected chi connectivity index (χ1v) is 6.32. The molecule has 0 saturated carbocycles. The normalized spacial score (nSPS) is 12.8. The molecule has 0 fully saturated rings. The van der Waals surface area contributed by atoms with Crippen LogP contribution in [0.1, 0.15) is 17.4 Å². The van der Waals surface area contributed by atoms with Gasteiger partial charge >= 0.3 is 0 Å². The number of rotatable bonds is 2. The number of nitrogens with two attached hydrogens (primary N) is 1. The Morgan fingerprint density at radius 2 is 1.85 bits per heavy atom. The van der Waals surface area contributed by atoms with E-state index in [1.165, 1.54) is 24.3 Å². The van der Waals surface area contributed by atoms with E-state index >= 15 is 0 Å². The van der Waals surface area contributed by atoms with Crippen molar-refractivity contribution in [1.82, 2.24) is 0 Å². The summed E-state index contributed by atoms with van der Waals surface area (Å²) < 4.78 is 31.9. The Morgan fingerprint density at radius 1 is 1.05 bits per heavy atom. The van der Waals surface area contributed by atoms with E-state index in [-0.39, 0.29) is 10.8 Å². The molecule has 1 atom stereocenters. The van der Waals surface area contributed by atoms with Crippen LogP contribution >= 0.6 is 11.6 Å². The Kier molecular flexibility index (Phi) is 3.20. The van der Waals surface area contributed by atoms with Crippen LogP contribution in [-0.4, -0.2) is 0 Å². The number of hydrogen-bond acceptors (Lipinski definition) is 2. The van der Waals surface area contributed by atoms with Gasteiger partial charge in [-0.1, -0.05) is 17.7 Å². The molecule has 20 heavy (non-hydrogen) atoms. The molecule has 2 N–H and O–H groups in total. The lowest BCUT2D eigenvalue weighted by molar-refractivity contribution is 0.524. The maximum absolute atomic E-state index is 13.1. The van der Waals surface area contributed by atoms with Crippen LogP contribution in [0.5, 0.6) is 0 Å². The van der Waals surface area contributed by atoms with Crippen molar-refractivity contribution in [2.24, 2.45) is 5.73 Å². The highest BCUT2D eigenvalue weighted by Gasteiger charge is 2.16. The molecule has 0 bridgehead atoms. The molecule has 1 unspecified atom stereocenters. The van der Waals surface area contributed by atoms with Gasteiger partial charge in [0.2, 0.25) is 0 Å². The molecule has 2 aromatic carbocycles. The molecule has 0 radical (unpaired) electrons. The van der Waals surface area contributed by atoms with Gasteiger partial charge in [-0.25, -0.2) is 8.78 Å². The van der Waals surface area contributed by atoms with Crippen molar-refractivity contribution in [3.8, 4) is 0 Å². The van der Waals surface area contributed by atoms with Gasteiger partial charge in [-0.05, 0) is 42.0 Å². The summed E-state index contributed by atoms with van der Waals surface area (Å²) in [5, 5.41) is 0.628. The SMILES string of the molecule is NC(c1ccc(F)c(Cl)c1)c1cc2cc(F)ccc2o1. The first-order valence-electron chi connectivity index (χ1n) is 5.94. The van der Waals surface area contributed by atoms with E-state index in [2.05, 4.69) is 0 Å². The minimum atomic E-state index is -0.594. The minimum Gasteiger partial charge on any atom is -0.459 e. The van der Waals surface area contributed by atoms with Gasteiger partial charge in [0.15, 0.2) is 0 Å². The lowest BCUT2D eigenvalue weighted by atomic mass is 10.1. The molecule has 3 rings (SSSR count). The van der Waals surface area contributed by atoms with E-state index in [0.29, 0.717) is 22.3 Å². The Labute approximate surface area is 118 Å². The molecular weight excluding hydrogens is 284 g/mol. The van der Waals surface area contributed by atoms with E-state index in [4.69, 9.17) is 21.8 Å². The van der Waals surface area contributed by atoms with Crippen LogP contribution in [0.2, 0.25) is 5.02 Å². The summed E-state index contributed by atoms with van der Waals surface area (Å²) in [6, 6.07) is 9.54. The molecule has 1 aromatic heterocycles. The molecule has 0 spiro atoms. The van der Waals surface area contributed by atoms with Gasteiger partial charge in [0.25, 0.3) is 0 Å². The monoisotopic (exact) mass is 293 g/mol. The van der Waals surface area contributed by atoms with E-state index in [0.717, 1.165) is 0 Å². The number of benzene rings is 2. The van der Waals surface area contributed by atoms with E-state index in [1.54, 1.807) is 18.2 Å². The number of furan rings is 1. The molecular formula is C15H10ClF2NO. The van der Waals surface area contributed by atoms with Crippen LogP contribution < -0.4 is 5.73 Å². The van der Waals surface area contributed by atoms with E-state index in [9.17, 15) is 8.78 Å². The highest BCUT2D eigenvalue weighted by atomic mass is 35.5. The van der Waals surface area contributed by atoms with Crippen LogP contribution in [0, 0.1) is 11.6 Å². The quantitative estimate of drug-likeness (QED) is 0.760. The summed E-state index contributed by atoms with van der Waals surface area (Å²) in [6.45, 7) is 0. The predicted molar refractivity (Wildman–Crippen MR) is 73.6 cm³/mol. The van der Waals surface area contributed by atoms with Crippen molar-refractivity contribution >= 4 is 22.6 Å². The fourth-order valence-corrected chi connectivity index (χ4v) is 2.25. The first kappa shape index (κ1) is 13.1. The van der Waals surface area contributed by atoms with Crippen molar-refractivity contribution in [3.63, 3.8) is 0 Å². The van der Waals surface area contributed by atoms with Gasteiger partial charge in [-0.2, -0.15) is 0 Å². The molecule has 2 nitrogen and oxygen atoms in total. The van der Waals surface area contributed by atoms with Crippen molar-refractivity contribution in [2.45, 2.75) is 6.04 Å². The smallest absolute Gasteiger partial charge is 0.141 e. The van der Waals surface area contributed by atoms with Crippen LogP contribution in [0.25, 0.3) is 11.0 Å². The zero-order valence-corrected chi connectivity index (χ0v) is 11.0. The summed E-state index contributed by atoms with van der Waals surface area (Å²) in [5.41, 5.74) is 7.24. The van der Waals surface area contributed by atoms with Crippen molar-refractivity contribution in [2.75, 3.05) is 0 Å². The van der Waals surface area contributed by atoms with Gasteiger partial charge in [0.1, 0.15) is 23.0 Å². The summed E-state index contributed by atoms with van der Waals surface area (Å²) in [6.07, 6.45) is 0. The fraction of sp³-hybridized carbons (Fsp3) is 0.0667. The Bertz CT molecular complexity index is 785. The molecule has 3 aromatic rings. The largest absolute Gasteiger partial charge is 0.459 e. The highest BCUT2D eigenvalue weighted by molar-refractivity contribution is 6.30. The van der Waals surface area contributed by atoms with Gasteiger partial charge in [-0.15, -0.1) is 0 Å². The summed E-state index contributed by atoms with van der Waals surface area (Å²) in [7, 11) is 0. The fourth-order valence-electron chi connectivity index (χ4n) is 2.06. The number of halogens is 3. The Morgan fingerprint density at radius 3 is 2.60 bits per heavy atom. The molecule has 5 heteroatoms. The van der Waals surface area contributed by atoms with Gasteiger partial charge in [-0.3, -0.25) is 0 Å². The molecule has 0 aliphatic carbocycles. The van der Waals surface area contributed by atoms with E-state index < -0.39 is 11.9 Å². The molecule has 0 aliphatic heterocycles. The molecule has 1 heterocycles. The van der Waals surface area contributed by atoms with Crippen LogP contribution in [0.15, 0.2) is 46.9 Å². The maximum atomic E-state index is 13.1. The van der Waals surface area contributed by atoms with Gasteiger partial charge < -0.3 is 10.2 Å². The van der Waals surface area contributed by atoms with Crippen molar-refractivity contribution < 1.29 is 13.2 Å². The van der Waals surface area contributed by atoms with Crippen molar-refractivity contribution in [1.29, 1.82) is 0 Å². The first-order chi connectivity index (χ1) is 9.54. The van der Waals surface area contributed by atoms with Gasteiger partial charge in [0.05, 0.1) is 11.1 Å². The molecule has 0 saturated heterocycles. The second-order valence-corrected chi connectivity index (χ2v) is 4.89. The number of hydrogen-bond donors (Lipinski definition) is 1. The lowest BCUT2D eigenvalue weighted by Gasteiger charge is -2.09. The van der Waals surface area contributed by atoms with Crippen LogP contribution in [0.3, 0.4) is 0 Å². The molecule has 0 aliphatic rings. The topological polar surface area (TPSA) is 39.2 Å². The predicted octanol–water partition coefficient (Wildman–Crippen LogP) is 4.41. The maximum Gasteiger partial charge on any atom is 0.141 e. The third kappa shape index (κ3) is 2.28.